The number of nitrogens with zero attached hydrogens (tertiary/aromatic N) is 1. The molecule has 39 heavy (non-hydrogen) atoms. The first-order valence-electron chi connectivity index (χ1n) is 13.9. The lowest BCUT2D eigenvalue weighted by Gasteiger charge is -2.33. The van der Waals surface area contributed by atoms with Crippen LogP contribution in [0.15, 0.2) is 78.9 Å². The molecule has 1 saturated heterocycles. The Bertz CT molecular complexity index is 1250. The van der Waals surface area contributed by atoms with Gasteiger partial charge in [-0.1, -0.05) is 60.7 Å². The number of rotatable bonds is 12. The predicted octanol–water partition coefficient (Wildman–Crippen LogP) is 6.27. The molecule has 0 aliphatic carbocycles. The summed E-state index contributed by atoms with van der Waals surface area (Å²) in [5, 5.41) is 3.65. The highest BCUT2D eigenvalue weighted by Crippen LogP contribution is 2.35. The van der Waals surface area contributed by atoms with E-state index in [1.165, 1.54) is 31.0 Å². The molecule has 1 aliphatic rings. The zero-order chi connectivity index (χ0) is 27.5. The Morgan fingerprint density at radius 1 is 0.923 bits per heavy atom. The number of hydrogen-bond acceptors (Lipinski definition) is 6. The first-order valence-corrected chi connectivity index (χ1v) is 13.9. The van der Waals surface area contributed by atoms with Gasteiger partial charge in [-0.05, 0) is 68.0 Å². The van der Waals surface area contributed by atoms with Crippen molar-refractivity contribution in [3.8, 4) is 5.75 Å². The molecular weight excluding hydrogens is 488 g/mol. The normalized spacial score (nSPS) is 15.1. The zero-order valence-corrected chi connectivity index (χ0v) is 22.8. The number of aldehydes is 1. The van der Waals surface area contributed by atoms with Crippen LogP contribution >= 0.6 is 0 Å². The number of benzene rings is 3. The summed E-state index contributed by atoms with van der Waals surface area (Å²) >= 11 is 0. The second-order valence-corrected chi connectivity index (χ2v) is 9.55. The molecule has 3 aromatic rings. The van der Waals surface area contributed by atoms with Crippen molar-refractivity contribution in [2.75, 3.05) is 31.2 Å². The maximum absolute atomic E-state index is 12.5. The molecule has 2 unspecified atom stereocenters. The van der Waals surface area contributed by atoms with Crippen LogP contribution in [0.3, 0.4) is 0 Å². The van der Waals surface area contributed by atoms with Gasteiger partial charge in [0.25, 0.3) is 0 Å². The maximum atomic E-state index is 12.5. The van der Waals surface area contributed by atoms with Crippen molar-refractivity contribution in [1.82, 2.24) is 5.32 Å². The zero-order valence-electron chi connectivity index (χ0n) is 22.8. The molecule has 204 valence electrons. The Labute approximate surface area is 231 Å². The molecule has 0 radical (unpaired) electrons. The number of para-hydroxylation sites is 1. The number of esters is 1. The minimum absolute atomic E-state index is 0.196. The van der Waals surface area contributed by atoms with Crippen LogP contribution in [-0.4, -0.2) is 38.6 Å². The molecule has 1 N–H and O–H groups in total. The molecule has 1 aliphatic heterocycles. The highest BCUT2D eigenvalue weighted by Gasteiger charge is 2.25. The summed E-state index contributed by atoms with van der Waals surface area (Å²) in [5.41, 5.74) is 4.98. The van der Waals surface area contributed by atoms with E-state index in [1.54, 1.807) is 13.0 Å². The van der Waals surface area contributed by atoms with Gasteiger partial charge in [0.2, 0.25) is 0 Å². The van der Waals surface area contributed by atoms with Crippen LogP contribution in [0.4, 0.5) is 5.69 Å². The summed E-state index contributed by atoms with van der Waals surface area (Å²) in [6, 6.07) is 23.6. The number of nitrogens with one attached hydrogen (secondary N) is 1. The average Bonchev–Trinajstić information content (AvgIpc) is 2.98. The molecule has 6 nitrogen and oxygen atoms in total. The largest absolute Gasteiger partial charge is 0.493 e. The van der Waals surface area contributed by atoms with Crippen molar-refractivity contribution in [3.05, 3.63) is 101 Å². The summed E-state index contributed by atoms with van der Waals surface area (Å²) < 4.78 is 10.9. The maximum Gasteiger partial charge on any atom is 0.330 e. The van der Waals surface area contributed by atoms with Crippen LogP contribution < -0.4 is 15.0 Å². The van der Waals surface area contributed by atoms with E-state index >= 15 is 0 Å². The van der Waals surface area contributed by atoms with E-state index in [-0.39, 0.29) is 6.04 Å². The van der Waals surface area contributed by atoms with Gasteiger partial charge in [-0.15, -0.1) is 0 Å². The van der Waals surface area contributed by atoms with Crippen molar-refractivity contribution in [2.45, 2.75) is 45.2 Å². The summed E-state index contributed by atoms with van der Waals surface area (Å²) in [5.74, 6) is 0.198. The standard InChI is InChI=1S/C33H38N2O4/c1-3-38-31-23-27(18-17-25(31)19-20-32(37)39-4-2)29(24-36)34-33(26-13-7-5-8-14-26)28-15-9-10-16-30(28)35-21-11-6-12-22-35/h5,7-10,13-20,23-24,29,33-34H,3-4,6,11-12,21-22H2,1-2H3/b20-19+. The quantitative estimate of drug-likeness (QED) is 0.170. The third kappa shape index (κ3) is 7.36. The van der Waals surface area contributed by atoms with Crippen molar-refractivity contribution < 1.29 is 19.1 Å². The minimum Gasteiger partial charge on any atom is -0.493 e. The fourth-order valence-electron chi connectivity index (χ4n) is 5.07. The molecule has 2 atom stereocenters. The van der Waals surface area contributed by atoms with E-state index in [4.69, 9.17) is 9.47 Å². The second-order valence-electron chi connectivity index (χ2n) is 9.55. The van der Waals surface area contributed by atoms with Crippen molar-refractivity contribution >= 4 is 24.0 Å². The van der Waals surface area contributed by atoms with Gasteiger partial charge in [0, 0.05) is 30.4 Å². The molecule has 6 heteroatoms. The summed E-state index contributed by atoms with van der Waals surface area (Å²) in [7, 11) is 0. The molecule has 0 saturated carbocycles. The van der Waals surface area contributed by atoms with Gasteiger partial charge < -0.3 is 19.2 Å². The van der Waals surface area contributed by atoms with E-state index < -0.39 is 12.0 Å². The Balaban J connectivity index is 1.68. The number of hydrogen-bond donors (Lipinski definition) is 1. The van der Waals surface area contributed by atoms with Gasteiger partial charge in [0.05, 0.1) is 25.3 Å². The average molecular weight is 527 g/mol. The fraction of sp³-hybridized carbons (Fsp3) is 0.333. The van der Waals surface area contributed by atoms with Gasteiger partial charge in [-0.2, -0.15) is 0 Å². The second kappa shape index (κ2) is 14.3. The summed E-state index contributed by atoms with van der Waals surface area (Å²) in [6.07, 6.45) is 7.65. The predicted molar refractivity (Wildman–Crippen MR) is 156 cm³/mol. The van der Waals surface area contributed by atoms with Crippen molar-refractivity contribution in [3.63, 3.8) is 0 Å². The highest BCUT2D eigenvalue weighted by atomic mass is 16.5. The van der Waals surface area contributed by atoms with E-state index in [0.29, 0.717) is 19.0 Å². The first-order chi connectivity index (χ1) is 19.1. The highest BCUT2D eigenvalue weighted by molar-refractivity contribution is 5.87. The first kappa shape index (κ1) is 28.1. The molecule has 0 bridgehead atoms. The Kier molecular flexibility index (Phi) is 10.3. The summed E-state index contributed by atoms with van der Waals surface area (Å²) in [6.45, 7) is 6.52. The third-order valence-electron chi connectivity index (χ3n) is 6.94. The smallest absolute Gasteiger partial charge is 0.330 e. The lowest BCUT2D eigenvalue weighted by molar-refractivity contribution is -0.137. The Morgan fingerprint density at radius 2 is 1.67 bits per heavy atom. The SMILES string of the molecule is CCOC(=O)/C=C/c1ccc(C(C=O)NC(c2ccccc2)c2ccccc2N2CCCCC2)cc1OCC. The number of carbonyl (C=O) groups is 2. The molecule has 0 amide bonds. The van der Waals surface area contributed by atoms with Crippen LogP contribution in [0, 0.1) is 0 Å². The van der Waals surface area contributed by atoms with Crippen LogP contribution in [0.2, 0.25) is 0 Å². The number of carbonyl (C=O) groups excluding carboxylic acids is 2. The number of anilines is 1. The molecular formula is C33H38N2O4. The topological polar surface area (TPSA) is 67.9 Å². The van der Waals surface area contributed by atoms with Gasteiger partial charge >= 0.3 is 5.97 Å². The van der Waals surface area contributed by atoms with Crippen LogP contribution in [0.5, 0.6) is 5.75 Å². The van der Waals surface area contributed by atoms with E-state index in [0.717, 1.165) is 41.6 Å². The minimum atomic E-state index is -0.577. The molecule has 1 fully saturated rings. The molecule has 0 aromatic heterocycles. The van der Waals surface area contributed by atoms with E-state index in [9.17, 15) is 9.59 Å². The summed E-state index contributed by atoms with van der Waals surface area (Å²) in [4.78, 5) is 26.8. The Morgan fingerprint density at radius 3 is 2.38 bits per heavy atom. The lowest BCUT2D eigenvalue weighted by atomic mass is 9.94. The van der Waals surface area contributed by atoms with E-state index in [2.05, 4.69) is 46.6 Å². The molecule has 0 spiro atoms. The van der Waals surface area contributed by atoms with Crippen molar-refractivity contribution in [1.29, 1.82) is 0 Å². The number of piperidine rings is 1. The number of ether oxygens (including phenoxy) is 2. The molecule has 3 aromatic carbocycles. The Hall–Kier alpha value is -3.90. The molecule has 4 rings (SSSR count). The van der Waals surface area contributed by atoms with Gasteiger partial charge in [-0.3, -0.25) is 5.32 Å². The fourth-order valence-corrected chi connectivity index (χ4v) is 5.07. The van der Waals surface area contributed by atoms with Crippen molar-refractivity contribution in [2.24, 2.45) is 0 Å². The molecule has 1 heterocycles. The van der Waals surface area contributed by atoms with Crippen LogP contribution in [0.25, 0.3) is 6.08 Å². The van der Waals surface area contributed by atoms with E-state index in [1.807, 2.05) is 43.3 Å². The van der Waals surface area contributed by atoms with Crippen LogP contribution in [-0.2, 0) is 14.3 Å². The lowest BCUT2D eigenvalue weighted by Crippen LogP contribution is -2.33. The van der Waals surface area contributed by atoms with Gasteiger partial charge in [0.1, 0.15) is 12.0 Å². The van der Waals surface area contributed by atoms with Gasteiger partial charge in [-0.25, -0.2) is 4.79 Å². The third-order valence-corrected chi connectivity index (χ3v) is 6.94. The van der Waals surface area contributed by atoms with Crippen LogP contribution in [0.1, 0.15) is 67.4 Å². The monoisotopic (exact) mass is 526 g/mol. The van der Waals surface area contributed by atoms with Gasteiger partial charge in [0.15, 0.2) is 0 Å².